The molecule has 1 aliphatic heterocycles. The number of nitrogens with zero attached hydrogens (tertiary/aromatic N) is 1. The second kappa shape index (κ2) is 5.38. The number of carboxylic acid groups (broad SMARTS) is 1. The van der Waals surface area contributed by atoms with Crippen LogP contribution in [0.5, 0.6) is 0 Å². The van der Waals surface area contributed by atoms with Gasteiger partial charge in [0, 0.05) is 11.0 Å². The zero-order valence-electron chi connectivity index (χ0n) is 9.20. The Morgan fingerprint density at radius 3 is 3.00 bits per heavy atom. The predicted molar refractivity (Wildman–Crippen MR) is 70.2 cm³/mol. The average molecular weight is 319 g/mol. The van der Waals surface area contributed by atoms with Gasteiger partial charge < -0.3 is 5.11 Å². The van der Waals surface area contributed by atoms with Crippen LogP contribution in [0.2, 0.25) is 5.02 Å². The molecule has 1 aliphatic rings. The van der Waals surface area contributed by atoms with E-state index in [2.05, 4.69) is 15.9 Å². The molecule has 0 bridgehead atoms. The molecule has 1 fully saturated rings. The monoisotopic (exact) mass is 317 g/mol. The van der Waals surface area contributed by atoms with Crippen LogP contribution in [0.25, 0.3) is 0 Å². The highest BCUT2D eigenvalue weighted by atomic mass is 79.9. The van der Waals surface area contributed by atoms with Crippen LogP contribution in [0.4, 0.5) is 0 Å². The van der Waals surface area contributed by atoms with Crippen molar-refractivity contribution in [3.05, 3.63) is 33.3 Å². The number of rotatable bonds is 3. The molecule has 0 spiro atoms. The van der Waals surface area contributed by atoms with Crippen LogP contribution < -0.4 is 0 Å². The van der Waals surface area contributed by atoms with Crippen LogP contribution in [-0.4, -0.2) is 28.6 Å². The molecule has 1 aromatic rings. The number of carbonyl (C=O) groups is 1. The molecule has 92 valence electrons. The van der Waals surface area contributed by atoms with Gasteiger partial charge in [-0.2, -0.15) is 0 Å². The van der Waals surface area contributed by atoms with Crippen LogP contribution in [0, 0.1) is 0 Å². The van der Waals surface area contributed by atoms with Gasteiger partial charge in [0.25, 0.3) is 0 Å². The quantitative estimate of drug-likeness (QED) is 0.930. The summed E-state index contributed by atoms with van der Waals surface area (Å²) in [6.45, 7) is 1.48. The van der Waals surface area contributed by atoms with Crippen LogP contribution in [0.3, 0.4) is 0 Å². The van der Waals surface area contributed by atoms with Crippen molar-refractivity contribution in [2.75, 3.05) is 6.54 Å². The zero-order chi connectivity index (χ0) is 12.4. The van der Waals surface area contributed by atoms with Crippen LogP contribution in [0.15, 0.2) is 22.7 Å². The first kappa shape index (κ1) is 12.9. The topological polar surface area (TPSA) is 40.5 Å². The number of benzene rings is 1. The molecule has 0 aliphatic carbocycles. The number of likely N-dealkylation sites (tertiary alicyclic amines) is 1. The summed E-state index contributed by atoms with van der Waals surface area (Å²) >= 11 is 9.35. The summed E-state index contributed by atoms with van der Waals surface area (Å²) in [4.78, 5) is 13.0. The number of hydrogen-bond acceptors (Lipinski definition) is 2. The smallest absolute Gasteiger partial charge is 0.320 e. The van der Waals surface area contributed by atoms with E-state index in [1.54, 1.807) is 0 Å². The van der Waals surface area contributed by atoms with Crippen molar-refractivity contribution in [1.29, 1.82) is 0 Å². The van der Waals surface area contributed by atoms with Crippen molar-refractivity contribution < 1.29 is 9.90 Å². The lowest BCUT2D eigenvalue weighted by Crippen LogP contribution is -2.35. The summed E-state index contributed by atoms with van der Waals surface area (Å²) in [6.07, 6.45) is 1.68. The third-order valence-corrected chi connectivity index (χ3v) is 4.25. The van der Waals surface area contributed by atoms with Gasteiger partial charge in [-0.25, -0.2) is 0 Å². The molecule has 1 atom stereocenters. The van der Waals surface area contributed by atoms with Gasteiger partial charge in [0.2, 0.25) is 0 Å². The fourth-order valence-electron chi connectivity index (χ4n) is 2.17. The fraction of sp³-hybridized carbons (Fsp3) is 0.417. The SMILES string of the molecule is O=C(O)[C@@H]1CCCN1Cc1ccc(Br)c(Cl)c1. The third kappa shape index (κ3) is 3.00. The molecule has 0 aromatic heterocycles. The molecule has 0 amide bonds. The highest BCUT2D eigenvalue weighted by molar-refractivity contribution is 9.10. The Hall–Kier alpha value is -0.580. The van der Waals surface area contributed by atoms with Crippen molar-refractivity contribution in [3.8, 4) is 0 Å². The summed E-state index contributed by atoms with van der Waals surface area (Å²) in [5.74, 6) is -0.731. The number of halogens is 2. The van der Waals surface area contributed by atoms with E-state index in [9.17, 15) is 4.79 Å². The molecule has 2 rings (SSSR count). The summed E-state index contributed by atoms with van der Waals surface area (Å²) in [7, 11) is 0. The Balaban J connectivity index is 2.09. The molecule has 5 heteroatoms. The Morgan fingerprint density at radius 2 is 2.35 bits per heavy atom. The van der Waals surface area contributed by atoms with Crippen molar-refractivity contribution in [3.63, 3.8) is 0 Å². The minimum Gasteiger partial charge on any atom is -0.480 e. The normalized spacial score (nSPS) is 20.7. The second-order valence-electron chi connectivity index (χ2n) is 4.22. The Kier molecular flexibility index (Phi) is 4.07. The standard InChI is InChI=1S/C12H13BrClNO2/c13-9-4-3-8(6-10(9)14)7-15-5-1-2-11(15)12(16)17/h3-4,6,11H,1-2,5,7H2,(H,16,17)/t11-/m0/s1. The van der Waals surface area contributed by atoms with Crippen molar-refractivity contribution in [2.24, 2.45) is 0 Å². The molecule has 3 nitrogen and oxygen atoms in total. The van der Waals surface area contributed by atoms with Gasteiger partial charge >= 0.3 is 5.97 Å². The molecular formula is C12H13BrClNO2. The van der Waals surface area contributed by atoms with E-state index in [0.717, 1.165) is 29.4 Å². The van der Waals surface area contributed by atoms with E-state index in [1.807, 2.05) is 23.1 Å². The van der Waals surface area contributed by atoms with Gasteiger partial charge in [0.1, 0.15) is 6.04 Å². The van der Waals surface area contributed by atoms with Gasteiger partial charge in [-0.15, -0.1) is 0 Å². The average Bonchev–Trinajstić information content (AvgIpc) is 2.72. The highest BCUT2D eigenvalue weighted by Gasteiger charge is 2.30. The summed E-state index contributed by atoms with van der Waals surface area (Å²) in [5.41, 5.74) is 1.05. The van der Waals surface area contributed by atoms with E-state index in [4.69, 9.17) is 16.7 Å². The molecule has 17 heavy (non-hydrogen) atoms. The maximum Gasteiger partial charge on any atom is 0.320 e. The maximum absolute atomic E-state index is 11.0. The first-order valence-electron chi connectivity index (χ1n) is 5.48. The van der Waals surface area contributed by atoms with Gasteiger partial charge in [-0.3, -0.25) is 9.69 Å². The molecule has 1 aromatic carbocycles. The fourth-order valence-corrected chi connectivity index (χ4v) is 2.62. The van der Waals surface area contributed by atoms with Crippen LogP contribution in [0.1, 0.15) is 18.4 Å². The number of aliphatic carboxylic acids is 1. The largest absolute Gasteiger partial charge is 0.480 e. The van der Waals surface area contributed by atoms with E-state index in [0.29, 0.717) is 11.6 Å². The van der Waals surface area contributed by atoms with E-state index < -0.39 is 5.97 Å². The van der Waals surface area contributed by atoms with Gasteiger partial charge in [-0.05, 0) is 53.0 Å². The third-order valence-electron chi connectivity index (χ3n) is 3.02. The minimum absolute atomic E-state index is 0.350. The summed E-state index contributed by atoms with van der Waals surface area (Å²) < 4.78 is 0.860. The Bertz CT molecular complexity index is 439. The maximum atomic E-state index is 11.0. The van der Waals surface area contributed by atoms with E-state index in [-0.39, 0.29) is 6.04 Å². The predicted octanol–water partition coefficient (Wildman–Crippen LogP) is 3.15. The lowest BCUT2D eigenvalue weighted by Gasteiger charge is -2.21. The number of carboxylic acids is 1. The Labute approximate surface area is 114 Å². The molecule has 1 N–H and O–H groups in total. The van der Waals surface area contributed by atoms with Crippen LogP contribution >= 0.6 is 27.5 Å². The molecule has 1 saturated heterocycles. The molecule has 0 unspecified atom stereocenters. The molecule has 1 heterocycles. The summed E-state index contributed by atoms with van der Waals surface area (Å²) in [5, 5.41) is 9.75. The lowest BCUT2D eigenvalue weighted by molar-refractivity contribution is -0.142. The van der Waals surface area contributed by atoms with Gasteiger partial charge in [0.15, 0.2) is 0 Å². The van der Waals surface area contributed by atoms with Crippen molar-refractivity contribution in [2.45, 2.75) is 25.4 Å². The zero-order valence-corrected chi connectivity index (χ0v) is 11.5. The van der Waals surface area contributed by atoms with Crippen molar-refractivity contribution in [1.82, 2.24) is 4.90 Å². The number of hydrogen-bond donors (Lipinski definition) is 1. The lowest BCUT2D eigenvalue weighted by atomic mass is 10.2. The molecule has 0 radical (unpaired) electrons. The minimum atomic E-state index is -0.731. The van der Waals surface area contributed by atoms with Crippen molar-refractivity contribution >= 4 is 33.5 Å². The van der Waals surface area contributed by atoms with Gasteiger partial charge in [-0.1, -0.05) is 17.7 Å². The molecule has 0 saturated carbocycles. The molecular weight excluding hydrogens is 305 g/mol. The second-order valence-corrected chi connectivity index (χ2v) is 5.48. The van der Waals surface area contributed by atoms with E-state index in [1.165, 1.54) is 0 Å². The highest BCUT2D eigenvalue weighted by Crippen LogP contribution is 2.26. The first-order valence-corrected chi connectivity index (χ1v) is 6.66. The first-order chi connectivity index (χ1) is 8.08. The summed E-state index contributed by atoms with van der Waals surface area (Å²) in [6, 6.07) is 5.39. The van der Waals surface area contributed by atoms with E-state index >= 15 is 0 Å². The van der Waals surface area contributed by atoms with Gasteiger partial charge in [0.05, 0.1) is 5.02 Å². The Morgan fingerprint density at radius 1 is 1.59 bits per heavy atom. The van der Waals surface area contributed by atoms with Crippen LogP contribution in [-0.2, 0) is 11.3 Å².